The lowest BCUT2D eigenvalue weighted by molar-refractivity contribution is -0.120. The lowest BCUT2D eigenvalue weighted by Crippen LogP contribution is -2.00. The zero-order chi connectivity index (χ0) is 5.44. The second kappa shape index (κ2) is 1.22. The Labute approximate surface area is 42.7 Å². The molecule has 1 saturated carbocycles. The molecule has 0 aromatic rings. The molecule has 0 aliphatic heterocycles. The molecule has 1 aliphatic rings. The molecule has 39 valence electrons. The molecule has 1 radical (unpaired) electrons. The van der Waals surface area contributed by atoms with Gasteiger partial charge in [0.2, 0.25) is 5.91 Å². The van der Waals surface area contributed by atoms with Gasteiger partial charge in [-0.3, -0.25) is 10.5 Å². The van der Waals surface area contributed by atoms with Crippen LogP contribution in [0, 0.1) is 11.8 Å². The van der Waals surface area contributed by atoms with Crippen molar-refractivity contribution < 1.29 is 4.79 Å². The van der Waals surface area contributed by atoms with E-state index in [-0.39, 0.29) is 11.8 Å². The smallest absolute Gasteiger partial charge is 0.241 e. The topological polar surface area (TPSA) is 40.9 Å². The van der Waals surface area contributed by atoms with Crippen LogP contribution < -0.4 is 5.73 Å². The Morgan fingerprint density at radius 3 is 2.29 bits per heavy atom. The van der Waals surface area contributed by atoms with Crippen LogP contribution in [0.2, 0.25) is 0 Å². The van der Waals surface area contributed by atoms with Crippen LogP contribution >= 0.6 is 0 Å². The molecule has 1 rings (SSSR count). The van der Waals surface area contributed by atoms with Gasteiger partial charge in [-0.25, -0.2) is 0 Å². The third-order valence-corrected chi connectivity index (χ3v) is 1.45. The fourth-order valence-electron chi connectivity index (χ4n) is 0.687. The van der Waals surface area contributed by atoms with Gasteiger partial charge < -0.3 is 0 Å². The maximum Gasteiger partial charge on any atom is 0.241 e. The van der Waals surface area contributed by atoms with Crippen molar-refractivity contribution in [3.8, 4) is 0 Å². The van der Waals surface area contributed by atoms with Gasteiger partial charge >= 0.3 is 0 Å². The van der Waals surface area contributed by atoms with Crippen LogP contribution in [0.1, 0.15) is 13.3 Å². The molecule has 0 spiro atoms. The monoisotopic (exact) mass is 98.1 g/mol. The number of amides is 1. The Morgan fingerprint density at radius 2 is 2.29 bits per heavy atom. The van der Waals surface area contributed by atoms with Crippen molar-refractivity contribution in [1.29, 1.82) is 0 Å². The molecule has 1 amide bonds. The average molecular weight is 98.1 g/mol. The van der Waals surface area contributed by atoms with Crippen molar-refractivity contribution in [3.05, 3.63) is 0 Å². The standard InChI is InChI=1S/C5H8NO/c1-3-2-4(3)5(6)7/h3-4,6H,2H2,1H3. The van der Waals surface area contributed by atoms with E-state index in [1.54, 1.807) is 0 Å². The van der Waals surface area contributed by atoms with E-state index in [1.165, 1.54) is 0 Å². The van der Waals surface area contributed by atoms with Gasteiger partial charge in [-0.15, -0.1) is 0 Å². The number of hydrogen-bond donors (Lipinski definition) is 0. The summed E-state index contributed by atoms with van der Waals surface area (Å²) in [5.41, 5.74) is 6.59. The van der Waals surface area contributed by atoms with E-state index >= 15 is 0 Å². The number of nitrogens with one attached hydrogen (secondary N) is 1. The molecule has 2 unspecified atom stereocenters. The summed E-state index contributed by atoms with van der Waals surface area (Å²) in [4.78, 5) is 10.1. The largest absolute Gasteiger partial charge is 0.273 e. The van der Waals surface area contributed by atoms with Gasteiger partial charge in [0.05, 0.1) is 0 Å². The van der Waals surface area contributed by atoms with E-state index in [0.717, 1.165) is 6.42 Å². The first kappa shape index (κ1) is 4.62. The lowest BCUT2D eigenvalue weighted by atomic mass is 10.3. The van der Waals surface area contributed by atoms with Crippen molar-refractivity contribution >= 4 is 5.91 Å². The van der Waals surface area contributed by atoms with Crippen LogP contribution in [0.15, 0.2) is 0 Å². The number of rotatable bonds is 1. The van der Waals surface area contributed by atoms with E-state index in [2.05, 4.69) is 0 Å². The number of carbonyl (C=O) groups is 1. The van der Waals surface area contributed by atoms with Gasteiger partial charge in [0.15, 0.2) is 0 Å². The highest BCUT2D eigenvalue weighted by molar-refractivity contribution is 5.78. The summed E-state index contributed by atoms with van der Waals surface area (Å²) in [6.07, 6.45) is 0.947. The minimum absolute atomic E-state index is 0.0972. The fraction of sp³-hybridized carbons (Fsp3) is 0.800. The summed E-state index contributed by atoms with van der Waals surface area (Å²) >= 11 is 0. The Bertz CT molecular complexity index is 100. The van der Waals surface area contributed by atoms with Gasteiger partial charge in [0.1, 0.15) is 0 Å². The molecule has 1 fully saturated rings. The minimum atomic E-state index is -0.382. The van der Waals surface area contributed by atoms with Crippen molar-refractivity contribution in [3.63, 3.8) is 0 Å². The molecular formula is C5H8NO. The summed E-state index contributed by atoms with van der Waals surface area (Å²) in [5.74, 6) is 0.220. The first-order valence-electron chi connectivity index (χ1n) is 2.47. The maximum absolute atomic E-state index is 10.1. The zero-order valence-corrected chi connectivity index (χ0v) is 4.27. The summed E-state index contributed by atoms with van der Waals surface area (Å²) in [6.45, 7) is 2.00. The highest BCUT2D eigenvalue weighted by atomic mass is 16.1. The van der Waals surface area contributed by atoms with Crippen LogP contribution in [-0.4, -0.2) is 5.91 Å². The van der Waals surface area contributed by atoms with Crippen molar-refractivity contribution in [2.24, 2.45) is 11.8 Å². The normalized spacial score (nSPS) is 37.9. The van der Waals surface area contributed by atoms with Gasteiger partial charge in [-0.05, 0) is 12.3 Å². The first-order chi connectivity index (χ1) is 3.22. The lowest BCUT2D eigenvalue weighted by Gasteiger charge is -1.79. The van der Waals surface area contributed by atoms with Crippen molar-refractivity contribution in [2.45, 2.75) is 13.3 Å². The third-order valence-electron chi connectivity index (χ3n) is 1.45. The molecule has 0 bridgehead atoms. The van der Waals surface area contributed by atoms with Gasteiger partial charge in [0.25, 0.3) is 0 Å². The van der Waals surface area contributed by atoms with Crippen molar-refractivity contribution in [1.82, 2.24) is 5.73 Å². The molecule has 1 N–H and O–H groups in total. The average Bonchev–Trinajstić information content (AvgIpc) is 2.17. The molecule has 0 aromatic heterocycles. The van der Waals surface area contributed by atoms with E-state index < -0.39 is 0 Å². The summed E-state index contributed by atoms with van der Waals surface area (Å²) < 4.78 is 0. The highest BCUT2D eigenvalue weighted by Gasteiger charge is 2.37. The summed E-state index contributed by atoms with van der Waals surface area (Å²) in [6, 6.07) is 0. The zero-order valence-electron chi connectivity index (χ0n) is 4.27. The molecule has 0 aromatic carbocycles. The predicted molar refractivity (Wildman–Crippen MR) is 25.4 cm³/mol. The molecule has 7 heavy (non-hydrogen) atoms. The molecule has 2 atom stereocenters. The number of hydrogen-bond acceptors (Lipinski definition) is 1. The van der Waals surface area contributed by atoms with Crippen LogP contribution in [-0.2, 0) is 4.79 Å². The van der Waals surface area contributed by atoms with Crippen LogP contribution in [0.5, 0.6) is 0 Å². The highest BCUT2D eigenvalue weighted by Crippen LogP contribution is 2.37. The third kappa shape index (κ3) is 0.734. The molecular weight excluding hydrogens is 90.1 g/mol. The molecule has 1 aliphatic carbocycles. The maximum atomic E-state index is 10.1. The summed E-state index contributed by atoms with van der Waals surface area (Å²) in [7, 11) is 0. The SMILES string of the molecule is CC1CC1C([NH])=O. The molecule has 0 saturated heterocycles. The Kier molecular flexibility index (Phi) is 0.805. The van der Waals surface area contributed by atoms with Crippen LogP contribution in [0.4, 0.5) is 0 Å². The van der Waals surface area contributed by atoms with E-state index in [4.69, 9.17) is 5.73 Å². The molecule has 2 nitrogen and oxygen atoms in total. The second-order valence-corrected chi connectivity index (χ2v) is 2.18. The van der Waals surface area contributed by atoms with E-state index in [1.807, 2.05) is 6.92 Å². The minimum Gasteiger partial charge on any atom is -0.273 e. The fourth-order valence-corrected chi connectivity index (χ4v) is 0.687. The van der Waals surface area contributed by atoms with E-state index in [9.17, 15) is 4.79 Å². The van der Waals surface area contributed by atoms with Gasteiger partial charge in [0, 0.05) is 5.92 Å². The van der Waals surface area contributed by atoms with Crippen LogP contribution in [0.25, 0.3) is 0 Å². The van der Waals surface area contributed by atoms with Crippen molar-refractivity contribution in [2.75, 3.05) is 0 Å². The number of carbonyl (C=O) groups excluding carboxylic acids is 1. The molecule has 2 heteroatoms. The quantitative estimate of drug-likeness (QED) is 0.469. The predicted octanol–water partition coefficient (Wildman–Crippen LogP) is 0.452. The Morgan fingerprint density at radius 1 is 1.86 bits per heavy atom. The Balaban J connectivity index is 2.33. The molecule has 0 heterocycles. The van der Waals surface area contributed by atoms with Crippen LogP contribution in [0.3, 0.4) is 0 Å². The van der Waals surface area contributed by atoms with Gasteiger partial charge in [-0.2, -0.15) is 0 Å². The first-order valence-corrected chi connectivity index (χ1v) is 2.47. The summed E-state index contributed by atoms with van der Waals surface area (Å²) in [5, 5.41) is 0. The van der Waals surface area contributed by atoms with E-state index in [0.29, 0.717) is 5.92 Å². The van der Waals surface area contributed by atoms with Gasteiger partial charge in [-0.1, -0.05) is 6.92 Å². The Hall–Kier alpha value is -0.530. The second-order valence-electron chi connectivity index (χ2n) is 2.18.